The number of nitrogens with zero attached hydrogens (tertiary/aromatic N) is 1. The number of nitrogens with two attached hydrogens (primary N) is 1. The predicted octanol–water partition coefficient (Wildman–Crippen LogP) is 1.68. The standard InChI is InChI=1S/C9H11N3O/c1-2-6-4-3-5-7-8(6)13-9(11-7)12-10/h3-5H,2,10H2,1H3,(H,11,12). The van der Waals surface area contributed by atoms with E-state index < -0.39 is 0 Å². The van der Waals surface area contributed by atoms with Crippen LogP contribution in [0, 0.1) is 0 Å². The molecule has 13 heavy (non-hydrogen) atoms. The molecule has 0 aliphatic rings. The third kappa shape index (κ3) is 1.25. The lowest BCUT2D eigenvalue weighted by atomic mass is 10.1. The summed E-state index contributed by atoms with van der Waals surface area (Å²) in [7, 11) is 0. The number of anilines is 1. The number of hydrazine groups is 1. The van der Waals surface area contributed by atoms with Crippen molar-refractivity contribution in [1.82, 2.24) is 4.98 Å². The van der Waals surface area contributed by atoms with Crippen LogP contribution in [0.3, 0.4) is 0 Å². The summed E-state index contributed by atoms with van der Waals surface area (Å²) < 4.78 is 5.39. The molecule has 1 heterocycles. The number of benzene rings is 1. The molecule has 0 aliphatic heterocycles. The fraction of sp³-hybridized carbons (Fsp3) is 0.222. The van der Waals surface area contributed by atoms with Gasteiger partial charge in [0.2, 0.25) is 0 Å². The number of rotatable bonds is 2. The first-order chi connectivity index (χ1) is 6.35. The minimum atomic E-state index is 0.357. The van der Waals surface area contributed by atoms with Gasteiger partial charge in [-0.3, -0.25) is 5.43 Å². The van der Waals surface area contributed by atoms with Gasteiger partial charge in [-0.2, -0.15) is 4.98 Å². The zero-order valence-corrected chi connectivity index (χ0v) is 7.37. The first-order valence-corrected chi connectivity index (χ1v) is 4.20. The molecule has 0 amide bonds. The number of aromatic nitrogens is 1. The third-order valence-corrected chi connectivity index (χ3v) is 2.00. The van der Waals surface area contributed by atoms with E-state index in [4.69, 9.17) is 10.3 Å². The van der Waals surface area contributed by atoms with Crippen LogP contribution in [-0.2, 0) is 6.42 Å². The summed E-state index contributed by atoms with van der Waals surface area (Å²) in [4.78, 5) is 4.14. The van der Waals surface area contributed by atoms with Crippen LogP contribution in [0.2, 0.25) is 0 Å². The van der Waals surface area contributed by atoms with Crippen molar-refractivity contribution >= 4 is 17.1 Å². The van der Waals surface area contributed by atoms with E-state index in [1.165, 1.54) is 0 Å². The Balaban J connectivity index is 2.67. The van der Waals surface area contributed by atoms with Crippen molar-refractivity contribution in [3.63, 3.8) is 0 Å². The van der Waals surface area contributed by atoms with Crippen LogP contribution in [0.4, 0.5) is 6.01 Å². The van der Waals surface area contributed by atoms with Crippen LogP contribution in [0.5, 0.6) is 0 Å². The van der Waals surface area contributed by atoms with E-state index in [9.17, 15) is 0 Å². The number of fused-ring (bicyclic) bond motifs is 1. The molecular formula is C9H11N3O. The molecule has 0 fully saturated rings. The molecule has 2 aromatic rings. The molecule has 4 nitrogen and oxygen atoms in total. The molecule has 4 heteroatoms. The van der Waals surface area contributed by atoms with Crippen molar-refractivity contribution in [3.05, 3.63) is 23.8 Å². The van der Waals surface area contributed by atoms with Crippen molar-refractivity contribution in [1.29, 1.82) is 0 Å². The van der Waals surface area contributed by atoms with Gasteiger partial charge in [0.25, 0.3) is 0 Å². The third-order valence-electron chi connectivity index (χ3n) is 2.00. The number of nitrogen functional groups attached to an aromatic ring is 1. The monoisotopic (exact) mass is 177 g/mol. The first-order valence-electron chi connectivity index (χ1n) is 4.20. The lowest BCUT2D eigenvalue weighted by Crippen LogP contribution is -2.06. The SMILES string of the molecule is CCc1cccc2nc(NN)oc12. The second-order valence-electron chi connectivity index (χ2n) is 2.78. The van der Waals surface area contributed by atoms with E-state index >= 15 is 0 Å². The number of para-hydroxylation sites is 1. The van der Waals surface area contributed by atoms with Gasteiger partial charge in [-0.1, -0.05) is 19.1 Å². The number of aryl methyl sites for hydroxylation is 1. The molecule has 1 aromatic carbocycles. The van der Waals surface area contributed by atoms with Crippen LogP contribution >= 0.6 is 0 Å². The fourth-order valence-corrected chi connectivity index (χ4v) is 1.35. The minimum Gasteiger partial charge on any atom is -0.422 e. The summed E-state index contributed by atoms with van der Waals surface area (Å²) in [6, 6.07) is 6.24. The summed E-state index contributed by atoms with van der Waals surface area (Å²) in [5, 5.41) is 0. The van der Waals surface area contributed by atoms with Crippen molar-refractivity contribution < 1.29 is 4.42 Å². The minimum absolute atomic E-state index is 0.357. The van der Waals surface area contributed by atoms with Gasteiger partial charge in [0.15, 0.2) is 5.58 Å². The van der Waals surface area contributed by atoms with Crippen molar-refractivity contribution in [2.24, 2.45) is 5.84 Å². The highest BCUT2D eigenvalue weighted by Crippen LogP contribution is 2.22. The Morgan fingerprint density at radius 1 is 1.54 bits per heavy atom. The lowest BCUT2D eigenvalue weighted by Gasteiger charge is -1.94. The van der Waals surface area contributed by atoms with Gasteiger partial charge in [0, 0.05) is 0 Å². The maximum absolute atomic E-state index is 5.39. The summed E-state index contributed by atoms with van der Waals surface area (Å²) in [6.45, 7) is 2.08. The number of nitrogens with one attached hydrogen (secondary N) is 1. The van der Waals surface area contributed by atoms with Crippen LogP contribution in [-0.4, -0.2) is 4.98 Å². The Labute approximate surface area is 75.7 Å². The maximum Gasteiger partial charge on any atom is 0.310 e. The molecule has 0 saturated heterocycles. The molecule has 0 saturated carbocycles. The Kier molecular flexibility index (Phi) is 1.90. The number of oxazole rings is 1. The topological polar surface area (TPSA) is 64.1 Å². The molecule has 1 aromatic heterocycles. The van der Waals surface area contributed by atoms with E-state index in [1.54, 1.807) is 0 Å². The van der Waals surface area contributed by atoms with E-state index in [1.807, 2.05) is 18.2 Å². The number of hydrogen-bond acceptors (Lipinski definition) is 4. The molecule has 0 spiro atoms. The zero-order chi connectivity index (χ0) is 9.26. The molecule has 0 unspecified atom stereocenters. The van der Waals surface area contributed by atoms with E-state index in [0.717, 1.165) is 23.1 Å². The molecule has 0 radical (unpaired) electrons. The highest BCUT2D eigenvalue weighted by Gasteiger charge is 2.06. The number of hydrogen-bond donors (Lipinski definition) is 2. The van der Waals surface area contributed by atoms with E-state index in [-0.39, 0.29) is 0 Å². The van der Waals surface area contributed by atoms with Gasteiger partial charge in [0.1, 0.15) is 5.52 Å². The quantitative estimate of drug-likeness (QED) is 0.541. The van der Waals surface area contributed by atoms with Crippen LogP contribution in [0.15, 0.2) is 22.6 Å². The van der Waals surface area contributed by atoms with E-state index in [2.05, 4.69) is 17.3 Å². The van der Waals surface area contributed by atoms with Gasteiger partial charge >= 0.3 is 6.01 Å². The average molecular weight is 177 g/mol. The summed E-state index contributed by atoms with van der Waals surface area (Å²) in [5.74, 6) is 5.20. The summed E-state index contributed by atoms with van der Waals surface area (Å²) >= 11 is 0. The smallest absolute Gasteiger partial charge is 0.310 e. The van der Waals surface area contributed by atoms with Crippen LogP contribution < -0.4 is 11.3 Å². The first kappa shape index (κ1) is 8.07. The maximum atomic E-state index is 5.39. The predicted molar refractivity (Wildman–Crippen MR) is 51.2 cm³/mol. The molecule has 0 bridgehead atoms. The Morgan fingerprint density at radius 2 is 2.38 bits per heavy atom. The van der Waals surface area contributed by atoms with E-state index in [0.29, 0.717) is 6.01 Å². The molecule has 2 rings (SSSR count). The van der Waals surface area contributed by atoms with Crippen molar-refractivity contribution in [3.8, 4) is 0 Å². The Hall–Kier alpha value is -1.55. The van der Waals surface area contributed by atoms with Crippen molar-refractivity contribution in [2.75, 3.05) is 5.43 Å². The molecule has 3 N–H and O–H groups in total. The highest BCUT2D eigenvalue weighted by atomic mass is 16.4. The zero-order valence-electron chi connectivity index (χ0n) is 7.37. The van der Waals surface area contributed by atoms with Gasteiger partial charge in [-0.05, 0) is 18.1 Å². The van der Waals surface area contributed by atoms with Crippen LogP contribution in [0.25, 0.3) is 11.1 Å². The largest absolute Gasteiger partial charge is 0.422 e. The Bertz CT molecular complexity index is 422. The normalized spacial score (nSPS) is 10.6. The van der Waals surface area contributed by atoms with Crippen molar-refractivity contribution in [2.45, 2.75) is 13.3 Å². The van der Waals surface area contributed by atoms with Gasteiger partial charge in [-0.25, -0.2) is 5.84 Å². The lowest BCUT2D eigenvalue weighted by molar-refractivity contribution is 0.613. The van der Waals surface area contributed by atoms with Crippen LogP contribution in [0.1, 0.15) is 12.5 Å². The Morgan fingerprint density at radius 3 is 3.08 bits per heavy atom. The molecule has 68 valence electrons. The fourth-order valence-electron chi connectivity index (χ4n) is 1.35. The van der Waals surface area contributed by atoms with Gasteiger partial charge < -0.3 is 4.42 Å². The van der Waals surface area contributed by atoms with Gasteiger partial charge in [0.05, 0.1) is 0 Å². The highest BCUT2D eigenvalue weighted by molar-refractivity contribution is 5.77. The second-order valence-corrected chi connectivity index (χ2v) is 2.78. The summed E-state index contributed by atoms with van der Waals surface area (Å²) in [5.41, 5.74) is 5.19. The average Bonchev–Trinajstić information content (AvgIpc) is 2.59. The molecule has 0 aliphatic carbocycles. The molecule has 0 atom stereocenters. The molecular weight excluding hydrogens is 166 g/mol. The second kappa shape index (κ2) is 3.06. The summed E-state index contributed by atoms with van der Waals surface area (Å²) in [6.07, 6.45) is 0.927. The van der Waals surface area contributed by atoms with Gasteiger partial charge in [-0.15, -0.1) is 0 Å².